The summed E-state index contributed by atoms with van der Waals surface area (Å²) in [4.78, 5) is 2.50. The molecule has 0 bridgehead atoms. The molecule has 0 N–H and O–H groups in total. The van der Waals surface area contributed by atoms with Crippen molar-refractivity contribution in [3.05, 3.63) is 257 Å². The normalized spacial score (nSPS) is 14.2. The number of rotatable bonds is 6. The van der Waals surface area contributed by atoms with Gasteiger partial charge in [-0.1, -0.05) is 217 Å². The standard InChI is InChI=1S/C66H51NO/c1-64(2,3)58-33-18-28-50-49-37-35-46(41-60(49)68-63(50)58)67(45-36-38-56-53(40-45)48-26-14-17-31-55(48)66(56,43-21-8-6-9-22-43)44-23-10-7-11-24-44)59-39-34-42-20-12-13-25-47(42)62(59)52-29-19-32-57-61(52)51-27-15-16-30-54(51)65(57,4)5/h6-41H,1-5H3. The highest BCUT2D eigenvalue weighted by atomic mass is 16.3. The Balaban J connectivity index is 1.12. The number of nitrogens with zero attached hydrogens (tertiary/aromatic N) is 1. The summed E-state index contributed by atoms with van der Waals surface area (Å²) in [6.07, 6.45) is 0. The lowest BCUT2D eigenvalue weighted by molar-refractivity contribution is 0.573. The Morgan fingerprint density at radius 1 is 0.412 bits per heavy atom. The molecule has 0 saturated carbocycles. The van der Waals surface area contributed by atoms with Crippen LogP contribution in [0.1, 0.15) is 73.6 Å². The molecule has 0 aliphatic heterocycles. The van der Waals surface area contributed by atoms with Crippen LogP contribution < -0.4 is 4.90 Å². The highest BCUT2D eigenvalue weighted by Crippen LogP contribution is 2.59. The monoisotopic (exact) mass is 873 g/mol. The average molecular weight is 874 g/mol. The van der Waals surface area contributed by atoms with Crippen LogP contribution in [0, 0.1) is 0 Å². The molecule has 0 unspecified atom stereocenters. The third-order valence-electron chi connectivity index (χ3n) is 15.3. The van der Waals surface area contributed by atoms with Crippen LogP contribution in [0.15, 0.2) is 223 Å². The maximum absolute atomic E-state index is 7.00. The maximum atomic E-state index is 7.00. The summed E-state index contributed by atoms with van der Waals surface area (Å²) in [5, 5.41) is 4.68. The van der Waals surface area contributed by atoms with Gasteiger partial charge in [0.2, 0.25) is 0 Å². The van der Waals surface area contributed by atoms with Gasteiger partial charge >= 0.3 is 0 Å². The van der Waals surface area contributed by atoms with Crippen LogP contribution in [-0.2, 0) is 16.2 Å². The quantitative estimate of drug-likeness (QED) is 0.165. The second kappa shape index (κ2) is 14.8. The minimum atomic E-state index is -0.505. The van der Waals surface area contributed by atoms with Gasteiger partial charge < -0.3 is 9.32 Å². The van der Waals surface area contributed by atoms with Crippen molar-refractivity contribution in [2.24, 2.45) is 0 Å². The van der Waals surface area contributed by atoms with E-state index in [0.717, 1.165) is 39.0 Å². The Morgan fingerprint density at radius 2 is 1.00 bits per heavy atom. The van der Waals surface area contributed by atoms with Crippen molar-refractivity contribution >= 4 is 49.8 Å². The maximum Gasteiger partial charge on any atom is 0.139 e. The average Bonchev–Trinajstić information content (AvgIpc) is 3.97. The van der Waals surface area contributed by atoms with Crippen LogP contribution in [0.3, 0.4) is 0 Å². The van der Waals surface area contributed by atoms with Crippen molar-refractivity contribution in [2.45, 2.75) is 50.9 Å². The Kier molecular flexibility index (Phi) is 8.77. The highest BCUT2D eigenvalue weighted by molar-refractivity contribution is 6.11. The van der Waals surface area contributed by atoms with E-state index in [-0.39, 0.29) is 10.8 Å². The second-order valence-corrected chi connectivity index (χ2v) is 20.4. The van der Waals surface area contributed by atoms with Gasteiger partial charge in [-0.25, -0.2) is 0 Å². The summed E-state index contributed by atoms with van der Waals surface area (Å²) in [5.41, 5.74) is 20.8. The number of hydrogen-bond acceptors (Lipinski definition) is 2. The molecule has 2 aliphatic carbocycles. The van der Waals surface area contributed by atoms with Gasteiger partial charge in [0.25, 0.3) is 0 Å². The summed E-state index contributed by atoms with van der Waals surface area (Å²) in [5.74, 6) is 0. The molecule has 2 nitrogen and oxygen atoms in total. The molecule has 1 aromatic heterocycles. The molecule has 0 saturated heterocycles. The van der Waals surface area contributed by atoms with Gasteiger partial charge in [-0.2, -0.15) is 0 Å². The molecule has 11 aromatic rings. The number of anilines is 3. The molecular formula is C66H51NO. The smallest absolute Gasteiger partial charge is 0.139 e. The van der Waals surface area contributed by atoms with E-state index in [2.05, 4.69) is 258 Å². The van der Waals surface area contributed by atoms with Crippen LogP contribution in [0.4, 0.5) is 17.1 Å². The van der Waals surface area contributed by atoms with Crippen molar-refractivity contribution in [3.63, 3.8) is 0 Å². The first kappa shape index (κ1) is 40.3. The fraction of sp³-hybridized carbons (Fsp3) is 0.121. The molecule has 68 heavy (non-hydrogen) atoms. The van der Waals surface area contributed by atoms with E-state index < -0.39 is 5.41 Å². The van der Waals surface area contributed by atoms with E-state index in [1.165, 1.54) is 83.1 Å². The van der Waals surface area contributed by atoms with Crippen molar-refractivity contribution in [1.29, 1.82) is 0 Å². The van der Waals surface area contributed by atoms with Gasteiger partial charge in [0.05, 0.1) is 11.1 Å². The molecule has 1 heterocycles. The predicted octanol–water partition coefficient (Wildman–Crippen LogP) is 17.8. The van der Waals surface area contributed by atoms with Crippen molar-refractivity contribution in [3.8, 4) is 33.4 Å². The van der Waals surface area contributed by atoms with E-state index in [4.69, 9.17) is 4.42 Å². The number of fused-ring (bicyclic) bond motifs is 10. The van der Waals surface area contributed by atoms with Gasteiger partial charge in [0.15, 0.2) is 0 Å². The summed E-state index contributed by atoms with van der Waals surface area (Å²) in [7, 11) is 0. The highest BCUT2D eigenvalue weighted by Gasteiger charge is 2.46. The summed E-state index contributed by atoms with van der Waals surface area (Å²) in [6.45, 7) is 11.5. The molecule has 2 aliphatic rings. The second-order valence-electron chi connectivity index (χ2n) is 20.4. The fourth-order valence-electron chi connectivity index (χ4n) is 12.2. The number of furan rings is 1. The number of hydrogen-bond donors (Lipinski definition) is 0. The zero-order chi connectivity index (χ0) is 45.9. The molecule has 0 spiro atoms. The van der Waals surface area contributed by atoms with Gasteiger partial charge in [-0.05, 0) is 108 Å². The first-order valence-corrected chi connectivity index (χ1v) is 24.0. The van der Waals surface area contributed by atoms with Gasteiger partial charge in [-0.3, -0.25) is 0 Å². The van der Waals surface area contributed by atoms with Gasteiger partial charge in [-0.15, -0.1) is 0 Å². The first-order valence-electron chi connectivity index (χ1n) is 24.0. The van der Waals surface area contributed by atoms with E-state index in [9.17, 15) is 0 Å². The van der Waals surface area contributed by atoms with E-state index >= 15 is 0 Å². The third-order valence-corrected chi connectivity index (χ3v) is 15.3. The first-order chi connectivity index (χ1) is 33.1. The summed E-state index contributed by atoms with van der Waals surface area (Å²) < 4.78 is 7.00. The molecule has 0 atom stereocenters. The minimum absolute atomic E-state index is 0.0825. The van der Waals surface area contributed by atoms with Crippen LogP contribution >= 0.6 is 0 Å². The Morgan fingerprint density at radius 3 is 1.76 bits per heavy atom. The van der Waals surface area contributed by atoms with Crippen molar-refractivity contribution < 1.29 is 4.42 Å². The molecule has 0 fully saturated rings. The summed E-state index contributed by atoms with van der Waals surface area (Å²) in [6, 6.07) is 81.4. The van der Waals surface area contributed by atoms with E-state index in [1.807, 2.05) is 0 Å². The van der Waals surface area contributed by atoms with Crippen LogP contribution in [-0.4, -0.2) is 0 Å². The van der Waals surface area contributed by atoms with Gasteiger partial charge in [0.1, 0.15) is 11.2 Å². The molecule has 0 amide bonds. The topological polar surface area (TPSA) is 16.4 Å². The molecule has 326 valence electrons. The number of benzene rings is 10. The van der Waals surface area contributed by atoms with Gasteiger partial charge in [0, 0.05) is 44.8 Å². The van der Waals surface area contributed by atoms with E-state index in [0.29, 0.717) is 0 Å². The summed E-state index contributed by atoms with van der Waals surface area (Å²) >= 11 is 0. The Bertz CT molecular complexity index is 3770. The van der Waals surface area contributed by atoms with Crippen LogP contribution in [0.25, 0.3) is 66.1 Å². The Hall–Kier alpha value is -7.94. The SMILES string of the molecule is CC(C)(C)c1cccc2c1oc1cc(N(c3ccc4c(c3)-c3ccccc3C4(c3ccccc3)c3ccccc3)c3ccc4ccccc4c3-c3cccc4c3-c3ccccc3C4(C)C)ccc12. The fourth-order valence-corrected chi connectivity index (χ4v) is 12.2. The largest absolute Gasteiger partial charge is 0.456 e. The third kappa shape index (κ3) is 5.70. The number of para-hydroxylation sites is 1. The zero-order valence-corrected chi connectivity index (χ0v) is 39.1. The molecule has 13 rings (SSSR count). The Labute approximate surface area is 398 Å². The molecule has 0 radical (unpaired) electrons. The lowest BCUT2D eigenvalue weighted by atomic mass is 9.68. The van der Waals surface area contributed by atoms with Crippen molar-refractivity contribution in [2.75, 3.05) is 4.90 Å². The molecule has 10 aromatic carbocycles. The lowest BCUT2D eigenvalue weighted by Crippen LogP contribution is -2.28. The predicted molar refractivity (Wildman–Crippen MR) is 285 cm³/mol. The van der Waals surface area contributed by atoms with Crippen LogP contribution in [0.2, 0.25) is 0 Å². The minimum Gasteiger partial charge on any atom is -0.456 e. The van der Waals surface area contributed by atoms with Crippen LogP contribution in [0.5, 0.6) is 0 Å². The lowest BCUT2D eigenvalue weighted by Gasteiger charge is -2.34. The van der Waals surface area contributed by atoms with E-state index in [1.54, 1.807) is 0 Å². The molecule has 2 heteroatoms. The zero-order valence-electron chi connectivity index (χ0n) is 39.1. The van der Waals surface area contributed by atoms with Crippen molar-refractivity contribution in [1.82, 2.24) is 0 Å². The molecular weight excluding hydrogens is 823 g/mol.